The van der Waals surface area contributed by atoms with Gasteiger partial charge in [0.1, 0.15) is 17.9 Å². The summed E-state index contributed by atoms with van der Waals surface area (Å²) in [6.07, 6.45) is 4.31. The van der Waals surface area contributed by atoms with Crippen LogP contribution in [-0.2, 0) is 17.9 Å². The summed E-state index contributed by atoms with van der Waals surface area (Å²) >= 11 is 0. The van der Waals surface area contributed by atoms with Gasteiger partial charge in [-0.15, -0.1) is 0 Å². The van der Waals surface area contributed by atoms with Crippen molar-refractivity contribution in [1.82, 2.24) is 14.7 Å². The van der Waals surface area contributed by atoms with E-state index in [1.54, 1.807) is 19.5 Å². The average Bonchev–Trinajstić information content (AvgIpc) is 3.05. The molecule has 6 heteroatoms. The number of hydrogen-bond donors (Lipinski definition) is 0. The van der Waals surface area contributed by atoms with Crippen LogP contribution < -0.4 is 0 Å². The maximum Gasteiger partial charge on any atom is 0.162 e. The molecule has 0 aromatic carbocycles. The summed E-state index contributed by atoms with van der Waals surface area (Å²) in [5, 5.41) is 4.82. The summed E-state index contributed by atoms with van der Waals surface area (Å²) < 4.78 is 12.0. The molecule has 0 amide bonds. The number of carbonyl (C=O) groups is 1. The Kier molecular flexibility index (Phi) is 3.30. The number of rotatable bonds is 5. The Bertz CT molecular complexity index is 745. The molecule has 0 aliphatic heterocycles. The van der Waals surface area contributed by atoms with Crippen LogP contribution in [0.2, 0.25) is 0 Å². The number of fused-ring (bicyclic) bond motifs is 1. The topological polar surface area (TPSA) is 70.2 Å². The van der Waals surface area contributed by atoms with Gasteiger partial charge in [-0.05, 0) is 12.1 Å². The van der Waals surface area contributed by atoms with E-state index in [2.05, 4.69) is 10.1 Å². The number of aromatic nitrogens is 3. The zero-order valence-electron chi connectivity index (χ0n) is 10.9. The molecule has 0 saturated heterocycles. The lowest BCUT2D eigenvalue weighted by molar-refractivity contribution is 0.112. The summed E-state index contributed by atoms with van der Waals surface area (Å²) in [5.74, 6) is 0.669. The summed E-state index contributed by atoms with van der Waals surface area (Å²) in [4.78, 5) is 15.4. The van der Waals surface area contributed by atoms with E-state index in [-0.39, 0.29) is 0 Å². The molecule has 0 bridgehead atoms. The molecule has 0 aliphatic carbocycles. The van der Waals surface area contributed by atoms with Crippen LogP contribution in [0.15, 0.2) is 35.1 Å². The Balaban J connectivity index is 1.95. The van der Waals surface area contributed by atoms with Gasteiger partial charge in [0, 0.05) is 36.5 Å². The molecule has 3 aromatic heterocycles. The van der Waals surface area contributed by atoms with Crippen molar-refractivity contribution in [1.29, 1.82) is 0 Å². The first kappa shape index (κ1) is 12.6. The third-order valence-corrected chi connectivity index (χ3v) is 3.02. The van der Waals surface area contributed by atoms with Crippen LogP contribution in [0.3, 0.4) is 0 Å². The predicted molar refractivity (Wildman–Crippen MR) is 71.4 cm³/mol. The zero-order valence-corrected chi connectivity index (χ0v) is 10.9. The Morgan fingerprint density at radius 3 is 3.20 bits per heavy atom. The second-order valence-electron chi connectivity index (χ2n) is 4.42. The number of hydrogen-bond acceptors (Lipinski definition) is 5. The molecule has 20 heavy (non-hydrogen) atoms. The molecular formula is C14H13N3O3. The Morgan fingerprint density at radius 2 is 2.40 bits per heavy atom. The highest BCUT2D eigenvalue weighted by atomic mass is 16.5. The average molecular weight is 271 g/mol. The van der Waals surface area contributed by atoms with Crippen molar-refractivity contribution in [3.8, 4) is 0 Å². The fraction of sp³-hybridized carbons (Fsp3) is 0.214. The molecule has 0 atom stereocenters. The maximum atomic E-state index is 11.1. The molecular weight excluding hydrogens is 258 g/mol. The first-order valence-corrected chi connectivity index (χ1v) is 6.14. The van der Waals surface area contributed by atoms with Gasteiger partial charge in [0.25, 0.3) is 0 Å². The highest BCUT2D eigenvalue weighted by molar-refractivity contribution is 5.95. The summed E-state index contributed by atoms with van der Waals surface area (Å²) in [6, 6.07) is 5.52. The zero-order chi connectivity index (χ0) is 13.9. The fourth-order valence-electron chi connectivity index (χ4n) is 2.18. The van der Waals surface area contributed by atoms with E-state index in [1.807, 2.05) is 22.8 Å². The first-order chi connectivity index (χ1) is 9.81. The number of ether oxygens (including phenoxy) is 1. The molecule has 0 unspecified atom stereocenters. The minimum Gasteiger partial charge on any atom is -0.377 e. The SMILES string of the molecule is COCc1cc(Cn2cc(C=O)c3cccnc32)no1. The van der Waals surface area contributed by atoms with Crippen LogP contribution >= 0.6 is 0 Å². The lowest BCUT2D eigenvalue weighted by Gasteiger charge is -2.00. The predicted octanol–water partition coefficient (Wildman–Crippen LogP) is 2.03. The second-order valence-corrected chi connectivity index (χ2v) is 4.42. The van der Waals surface area contributed by atoms with Gasteiger partial charge in [-0.25, -0.2) is 4.98 Å². The van der Waals surface area contributed by atoms with Gasteiger partial charge < -0.3 is 13.8 Å². The van der Waals surface area contributed by atoms with Crippen molar-refractivity contribution in [2.75, 3.05) is 7.11 Å². The lowest BCUT2D eigenvalue weighted by atomic mass is 10.2. The number of nitrogens with zero attached hydrogens (tertiary/aromatic N) is 3. The Labute approximate surface area is 115 Å². The fourth-order valence-corrected chi connectivity index (χ4v) is 2.18. The van der Waals surface area contributed by atoms with Crippen molar-refractivity contribution in [2.24, 2.45) is 0 Å². The van der Waals surface area contributed by atoms with Crippen LogP contribution in [-0.4, -0.2) is 28.1 Å². The third-order valence-electron chi connectivity index (χ3n) is 3.02. The number of aldehydes is 1. The largest absolute Gasteiger partial charge is 0.377 e. The molecule has 0 fully saturated rings. The summed E-state index contributed by atoms with van der Waals surface area (Å²) in [6.45, 7) is 0.881. The number of carbonyl (C=O) groups excluding carboxylic acids is 1. The van der Waals surface area contributed by atoms with Crippen molar-refractivity contribution in [3.63, 3.8) is 0 Å². The van der Waals surface area contributed by atoms with Gasteiger partial charge in [-0.3, -0.25) is 4.79 Å². The van der Waals surface area contributed by atoms with Crippen molar-refractivity contribution in [3.05, 3.63) is 47.6 Å². The number of methoxy groups -OCH3 is 1. The van der Waals surface area contributed by atoms with E-state index in [9.17, 15) is 4.79 Å². The van der Waals surface area contributed by atoms with Gasteiger partial charge in [-0.1, -0.05) is 5.16 Å². The van der Waals surface area contributed by atoms with E-state index < -0.39 is 0 Å². The van der Waals surface area contributed by atoms with Crippen LogP contribution in [0.5, 0.6) is 0 Å². The minimum absolute atomic E-state index is 0.386. The molecule has 3 heterocycles. The maximum absolute atomic E-state index is 11.1. The van der Waals surface area contributed by atoms with Gasteiger partial charge in [0.05, 0.1) is 6.54 Å². The highest BCUT2D eigenvalue weighted by Crippen LogP contribution is 2.19. The van der Waals surface area contributed by atoms with Gasteiger partial charge in [0.15, 0.2) is 12.0 Å². The quantitative estimate of drug-likeness (QED) is 0.664. The Hall–Kier alpha value is -2.47. The standard InChI is InChI=1S/C14H13N3O3/c1-19-9-12-5-11(16-20-12)7-17-6-10(8-18)13-3-2-4-15-14(13)17/h2-6,8H,7,9H2,1H3. The summed E-state index contributed by atoms with van der Waals surface area (Å²) in [5.41, 5.74) is 2.14. The molecule has 0 radical (unpaired) electrons. The molecule has 3 rings (SSSR count). The van der Waals surface area contributed by atoms with Gasteiger partial charge >= 0.3 is 0 Å². The van der Waals surface area contributed by atoms with Crippen LogP contribution in [0.4, 0.5) is 0 Å². The minimum atomic E-state index is 0.386. The molecule has 0 saturated carbocycles. The van der Waals surface area contributed by atoms with E-state index >= 15 is 0 Å². The monoisotopic (exact) mass is 271 g/mol. The van der Waals surface area contributed by atoms with Crippen molar-refractivity contribution >= 4 is 17.3 Å². The highest BCUT2D eigenvalue weighted by Gasteiger charge is 2.11. The van der Waals surface area contributed by atoms with Crippen molar-refractivity contribution < 1.29 is 14.1 Å². The van der Waals surface area contributed by atoms with E-state index in [0.717, 1.165) is 23.0 Å². The van der Waals surface area contributed by atoms with E-state index in [1.165, 1.54) is 0 Å². The first-order valence-electron chi connectivity index (χ1n) is 6.14. The van der Waals surface area contributed by atoms with Crippen LogP contribution in [0, 0.1) is 0 Å². The van der Waals surface area contributed by atoms with Crippen LogP contribution in [0.1, 0.15) is 21.8 Å². The Morgan fingerprint density at radius 1 is 1.50 bits per heavy atom. The molecule has 6 nitrogen and oxygen atoms in total. The van der Waals surface area contributed by atoms with Crippen molar-refractivity contribution in [2.45, 2.75) is 13.2 Å². The number of pyridine rings is 1. The second kappa shape index (κ2) is 5.26. The molecule has 0 spiro atoms. The molecule has 102 valence electrons. The summed E-state index contributed by atoms with van der Waals surface area (Å²) in [7, 11) is 1.60. The smallest absolute Gasteiger partial charge is 0.162 e. The van der Waals surface area contributed by atoms with E-state index in [0.29, 0.717) is 24.5 Å². The third kappa shape index (κ3) is 2.21. The van der Waals surface area contributed by atoms with Gasteiger partial charge in [-0.2, -0.15) is 0 Å². The lowest BCUT2D eigenvalue weighted by Crippen LogP contribution is -1.99. The molecule has 3 aromatic rings. The van der Waals surface area contributed by atoms with Gasteiger partial charge in [0.2, 0.25) is 0 Å². The van der Waals surface area contributed by atoms with Crippen LogP contribution in [0.25, 0.3) is 11.0 Å². The van der Waals surface area contributed by atoms with E-state index in [4.69, 9.17) is 9.26 Å². The molecule has 0 N–H and O–H groups in total. The normalized spacial score (nSPS) is 11.1. The molecule has 0 aliphatic rings.